The lowest BCUT2D eigenvalue weighted by atomic mass is 9.33. The molecule has 0 unspecified atom stereocenters. The Hall–Kier alpha value is -4.24. The van der Waals surface area contributed by atoms with Crippen LogP contribution in [0.4, 0.5) is 17.1 Å². The van der Waals surface area contributed by atoms with Crippen molar-refractivity contribution in [3.8, 4) is 5.69 Å². The maximum absolute atomic E-state index is 2.61. The van der Waals surface area contributed by atoms with Gasteiger partial charge in [-0.15, -0.1) is 0 Å². The van der Waals surface area contributed by atoms with Gasteiger partial charge in [-0.2, -0.15) is 0 Å². The van der Waals surface area contributed by atoms with Crippen molar-refractivity contribution < 1.29 is 0 Å². The van der Waals surface area contributed by atoms with Crippen molar-refractivity contribution in [1.82, 2.24) is 4.57 Å². The lowest BCUT2D eigenvalue weighted by Crippen LogP contribution is -2.60. The number of aromatic nitrogens is 1. The van der Waals surface area contributed by atoms with E-state index in [9.17, 15) is 0 Å². The third-order valence-electron chi connectivity index (χ3n) is 11.4. The number of benzene rings is 5. The summed E-state index contributed by atoms with van der Waals surface area (Å²) in [5.41, 5.74) is 18.9. The lowest BCUT2D eigenvalue weighted by molar-refractivity contribution is 0.590. The van der Waals surface area contributed by atoms with Gasteiger partial charge >= 0.3 is 0 Å². The molecule has 0 aliphatic carbocycles. The molecule has 2 nitrogen and oxygen atoms in total. The SMILES string of the molecule is Cc1cc2c3c(c1)-n1c4ccc(C(C)(C)C)cc4c4cc(C(C)(C)C)cc(c41)B3c1cc(C(C)(C)C)ccc1N2c1ccc(C(C)(C)C)cc1. The van der Waals surface area contributed by atoms with Crippen molar-refractivity contribution in [2.45, 2.75) is 112 Å². The third-order valence-corrected chi connectivity index (χ3v) is 11.4. The van der Waals surface area contributed by atoms with Crippen LogP contribution in [-0.4, -0.2) is 11.3 Å². The number of rotatable bonds is 1. The van der Waals surface area contributed by atoms with Gasteiger partial charge in [0.25, 0.3) is 6.71 Å². The number of anilines is 3. The Morgan fingerprint density at radius 2 is 0.980 bits per heavy atom. The average molecular weight is 657 g/mol. The average Bonchev–Trinajstić information content (AvgIpc) is 3.35. The van der Waals surface area contributed by atoms with Gasteiger partial charge in [0.15, 0.2) is 0 Å². The molecular formula is C47H53BN2. The highest BCUT2D eigenvalue weighted by molar-refractivity contribution is 7.00. The molecule has 0 radical (unpaired) electrons. The van der Waals surface area contributed by atoms with Crippen LogP contribution in [0.2, 0.25) is 0 Å². The zero-order valence-electron chi connectivity index (χ0n) is 32.6. The fourth-order valence-electron chi connectivity index (χ4n) is 8.43. The number of nitrogens with zero attached hydrogens (tertiary/aromatic N) is 2. The molecule has 0 spiro atoms. The largest absolute Gasteiger partial charge is 0.311 e. The van der Waals surface area contributed by atoms with Crippen LogP contribution < -0.4 is 21.3 Å². The summed E-state index contributed by atoms with van der Waals surface area (Å²) in [6.45, 7) is 30.4. The lowest BCUT2D eigenvalue weighted by Gasteiger charge is -2.41. The molecule has 50 heavy (non-hydrogen) atoms. The van der Waals surface area contributed by atoms with Crippen LogP contribution in [0.5, 0.6) is 0 Å². The molecule has 1 aromatic heterocycles. The molecule has 0 amide bonds. The second-order valence-corrected chi connectivity index (χ2v) is 19.3. The van der Waals surface area contributed by atoms with Crippen molar-refractivity contribution in [3.05, 3.63) is 113 Å². The molecule has 6 aromatic rings. The van der Waals surface area contributed by atoms with Crippen LogP contribution in [0, 0.1) is 6.92 Å². The molecule has 2 aliphatic heterocycles. The normalized spacial score (nSPS) is 14.4. The highest BCUT2D eigenvalue weighted by Gasteiger charge is 2.43. The summed E-state index contributed by atoms with van der Waals surface area (Å²) in [7, 11) is 0. The van der Waals surface area contributed by atoms with E-state index >= 15 is 0 Å². The molecule has 0 fully saturated rings. The maximum atomic E-state index is 2.61. The summed E-state index contributed by atoms with van der Waals surface area (Å²) in [5, 5.41) is 2.72. The quantitative estimate of drug-likeness (QED) is 0.160. The minimum absolute atomic E-state index is 0.00270. The first kappa shape index (κ1) is 32.9. The van der Waals surface area contributed by atoms with Gasteiger partial charge in [-0.3, -0.25) is 0 Å². The molecule has 0 saturated heterocycles. The molecule has 3 heterocycles. The molecule has 8 rings (SSSR count). The molecule has 2 aliphatic rings. The summed E-state index contributed by atoms with van der Waals surface area (Å²) in [4.78, 5) is 2.55. The Bertz CT molecular complexity index is 2360. The van der Waals surface area contributed by atoms with Crippen LogP contribution in [0.3, 0.4) is 0 Å². The van der Waals surface area contributed by atoms with Crippen molar-refractivity contribution >= 4 is 62.0 Å². The molecule has 0 N–H and O–H groups in total. The van der Waals surface area contributed by atoms with Crippen LogP contribution in [0.25, 0.3) is 27.5 Å². The van der Waals surface area contributed by atoms with Gasteiger partial charge in [-0.1, -0.05) is 119 Å². The van der Waals surface area contributed by atoms with Crippen molar-refractivity contribution in [1.29, 1.82) is 0 Å². The zero-order chi connectivity index (χ0) is 35.9. The zero-order valence-corrected chi connectivity index (χ0v) is 32.6. The Balaban J connectivity index is 1.54. The molecule has 0 bridgehead atoms. The van der Waals surface area contributed by atoms with Crippen molar-refractivity contribution in [3.63, 3.8) is 0 Å². The number of hydrogen-bond donors (Lipinski definition) is 0. The smallest absolute Gasteiger partial charge is 0.252 e. The number of aryl methyl sites for hydroxylation is 1. The molecule has 254 valence electrons. The summed E-state index contributed by atoms with van der Waals surface area (Å²) in [6, 6.07) is 33.8. The predicted octanol–water partition coefficient (Wildman–Crippen LogP) is 10.9. The Labute approximate surface area is 300 Å². The predicted molar refractivity (Wildman–Crippen MR) is 220 cm³/mol. The van der Waals surface area contributed by atoms with E-state index in [0.29, 0.717) is 0 Å². The topological polar surface area (TPSA) is 8.17 Å². The highest BCUT2D eigenvalue weighted by Crippen LogP contribution is 2.44. The summed E-state index contributed by atoms with van der Waals surface area (Å²) >= 11 is 0. The van der Waals surface area contributed by atoms with E-state index in [1.54, 1.807) is 0 Å². The summed E-state index contributed by atoms with van der Waals surface area (Å²) in [6.07, 6.45) is 0. The molecule has 5 aromatic carbocycles. The van der Waals surface area contributed by atoms with Gasteiger partial charge in [0.1, 0.15) is 0 Å². The van der Waals surface area contributed by atoms with E-state index in [1.165, 1.54) is 88.8 Å². The van der Waals surface area contributed by atoms with Gasteiger partial charge in [-0.05, 0) is 121 Å². The van der Waals surface area contributed by atoms with Gasteiger partial charge < -0.3 is 9.47 Å². The van der Waals surface area contributed by atoms with Gasteiger partial charge in [0.2, 0.25) is 0 Å². The summed E-state index contributed by atoms with van der Waals surface area (Å²) < 4.78 is 2.61. The first-order valence-corrected chi connectivity index (χ1v) is 18.6. The number of hydrogen-bond acceptors (Lipinski definition) is 1. The van der Waals surface area contributed by atoms with Crippen LogP contribution in [0.15, 0.2) is 84.9 Å². The van der Waals surface area contributed by atoms with E-state index in [1.807, 2.05) is 0 Å². The van der Waals surface area contributed by atoms with Crippen LogP contribution in [0.1, 0.15) is 111 Å². The van der Waals surface area contributed by atoms with Gasteiger partial charge in [-0.25, -0.2) is 0 Å². The molecule has 0 saturated carbocycles. The highest BCUT2D eigenvalue weighted by atomic mass is 15.2. The van der Waals surface area contributed by atoms with Crippen molar-refractivity contribution in [2.24, 2.45) is 0 Å². The second kappa shape index (κ2) is 10.4. The maximum Gasteiger partial charge on any atom is 0.252 e. The van der Waals surface area contributed by atoms with Crippen LogP contribution >= 0.6 is 0 Å². The molecular weight excluding hydrogens is 603 g/mol. The van der Waals surface area contributed by atoms with E-state index in [2.05, 4.69) is 184 Å². The number of fused-ring (bicyclic) bond motifs is 7. The second-order valence-electron chi connectivity index (χ2n) is 19.3. The Morgan fingerprint density at radius 1 is 0.460 bits per heavy atom. The fourth-order valence-corrected chi connectivity index (χ4v) is 8.43. The molecule has 0 atom stereocenters. The first-order valence-electron chi connectivity index (χ1n) is 18.6. The van der Waals surface area contributed by atoms with E-state index in [4.69, 9.17) is 0 Å². The monoisotopic (exact) mass is 656 g/mol. The first-order chi connectivity index (χ1) is 23.2. The minimum atomic E-state index is 0.00270. The van der Waals surface area contributed by atoms with E-state index in [-0.39, 0.29) is 28.4 Å². The third kappa shape index (κ3) is 4.90. The Morgan fingerprint density at radius 3 is 1.60 bits per heavy atom. The van der Waals surface area contributed by atoms with Crippen molar-refractivity contribution in [2.75, 3.05) is 4.90 Å². The van der Waals surface area contributed by atoms with E-state index < -0.39 is 0 Å². The van der Waals surface area contributed by atoms with Gasteiger partial charge in [0, 0.05) is 39.0 Å². The van der Waals surface area contributed by atoms with E-state index in [0.717, 1.165) is 0 Å². The minimum Gasteiger partial charge on any atom is -0.311 e. The fraction of sp³-hybridized carbons (Fsp3) is 0.362. The Kier molecular flexibility index (Phi) is 6.86. The van der Waals surface area contributed by atoms with Crippen LogP contribution in [-0.2, 0) is 21.7 Å². The molecule has 3 heteroatoms. The van der Waals surface area contributed by atoms with Gasteiger partial charge in [0.05, 0.1) is 5.52 Å². The summed E-state index contributed by atoms with van der Waals surface area (Å²) in [5.74, 6) is 0. The standard InChI is InChI=1S/C47H53BN2/c1-28-22-40-42-41(23-28)50-38-20-16-30(45(5,6)7)24-34(38)35-25-32(47(11,12)13)27-37(43(35)50)48(42)36-26-31(46(8,9)10)17-21-39(36)49(40)33-18-14-29(15-19-33)44(2,3)4/h14-27H,1-13H3.